The Kier molecular flexibility index (Phi) is 34.9. The van der Waals surface area contributed by atoms with Gasteiger partial charge >= 0.3 is 16.1 Å². The SMILES string of the molecule is C=CCON1C(=O)CC1CBr.C=CCON1C(=O)CC1CSC1=NCCS1.CN1C(=O)CC(=O)N(C)C1=O.Cc1ccc(S(=O)(=O)ON2C(=O)CC2CSC2=NCCS2)cc1.O=C1CC(CSC2=NCCS2)N1O.S=C1NCCS1.[HH].[N-]=[N+]=N[C@@H]1C(=O)N[C@H]1CSC1=NCCS1. The number of carbonyl (C=O) groups excluding carboxylic acids is 8. The number of benzene rings is 1. The Balaban J connectivity index is 0.000000208. The van der Waals surface area contributed by atoms with Crippen LogP contribution in [0.5, 0.6) is 0 Å². The van der Waals surface area contributed by atoms with Crippen LogP contribution in [0.25, 0.3) is 10.4 Å². The molecule has 9 amide bonds. The van der Waals surface area contributed by atoms with E-state index in [1.165, 1.54) is 36.4 Å². The molecule has 95 heavy (non-hydrogen) atoms. The predicted octanol–water partition coefficient (Wildman–Crippen LogP) is 6.79. The van der Waals surface area contributed by atoms with E-state index >= 15 is 0 Å². The second-order valence-corrected chi connectivity index (χ2v) is 33.8. The monoisotopic (exact) mass is 1590 g/mol. The van der Waals surface area contributed by atoms with Gasteiger partial charge in [-0.25, -0.2) is 20.0 Å². The lowest BCUT2D eigenvalue weighted by molar-refractivity contribution is -0.219. The van der Waals surface area contributed by atoms with Crippen molar-refractivity contribution >= 4 is 213 Å². The van der Waals surface area contributed by atoms with Crippen molar-refractivity contribution in [3.63, 3.8) is 0 Å². The number of thiocarbonyl (C=S) groups is 1. The van der Waals surface area contributed by atoms with E-state index in [0.717, 1.165) is 131 Å². The average Bonchev–Trinajstić information content (AvgIpc) is 0.990. The number of hydroxylamine groups is 8. The van der Waals surface area contributed by atoms with Crippen LogP contribution in [0.2, 0.25) is 0 Å². The third-order valence-electron chi connectivity index (χ3n) is 13.5. The Hall–Kier alpha value is -4.04. The number of thioether (sulfide) groups is 9. The first kappa shape index (κ1) is 79.9. The van der Waals surface area contributed by atoms with Crippen LogP contribution < -0.4 is 10.6 Å². The van der Waals surface area contributed by atoms with Gasteiger partial charge in [-0.15, -0.1) is 17.4 Å². The summed E-state index contributed by atoms with van der Waals surface area (Å²) >= 11 is 23.2. The number of hydrogen-bond donors (Lipinski definition) is 3. The molecule has 7 fully saturated rings. The quantitative estimate of drug-likeness (QED) is 0.0148. The molecule has 0 aromatic heterocycles. The second kappa shape index (κ2) is 41.5. The number of imide groups is 2. The summed E-state index contributed by atoms with van der Waals surface area (Å²) in [5.41, 5.74) is 9.21. The fourth-order valence-electron chi connectivity index (χ4n) is 8.13. The largest absolute Gasteiger partial charge is 0.370 e. The van der Waals surface area contributed by atoms with Crippen LogP contribution in [0.15, 0.2) is 79.6 Å². The molecule has 3 N–H and O–H groups in total. The van der Waals surface area contributed by atoms with E-state index in [1.54, 1.807) is 130 Å². The summed E-state index contributed by atoms with van der Waals surface area (Å²) in [7, 11) is -1.27. The van der Waals surface area contributed by atoms with Gasteiger partial charge in [0, 0.05) is 84.1 Å². The number of β-lactam (4-membered cyclic amide) rings is 5. The number of hydrogen-bond acceptors (Lipinski definition) is 29. The first-order chi connectivity index (χ1) is 45.6. The Morgan fingerprint density at radius 3 is 1.49 bits per heavy atom. The summed E-state index contributed by atoms with van der Waals surface area (Å²) in [6.45, 7) is 14.3. The highest BCUT2D eigenvalue weighted by Crippen LogP contribution is 2.33. The number of barbiturate groups is 1. The van der Waals surface area contributed by atoms with E-state index in [9.17, 15) is 46.8 Å². The number of rotatable bonds is 19. The van der Waals surface area contributed by atoms with E-state index in [1.807, 2.05) is 6.92 Å². The van der Waals surface area contributed by atoms with Crippen molar-refractivity contribution in [3.8, 4) is 0 Å². The number of nitrogens with one attached hydrogen (secondary N) is 2. The number of nitrogens with zero attached hydrogens (tertiary/aromatic N) is 13. The minimum atomic E-state index is -3.98. The predicted molar refractivity (Wildman–Crippen MR) is 393 cm³/mol. The molecule has 1 aromatic carbocycles. The molecule has 0 saturated carbocycles. The van der Waals surface area contributed by atoms with Crippen molar-refractivity contribution in [1.82, 2.24) is 40.7 Å². The molecule has 0 aliphatic carbocycles. The van der Waals surface area contributed by atoms with Gasteiger partial charge in [0.05, 0.1) is 100 Å². The average molecular weight is 1590 g/mol. The van der Waals surface area contributed by atoms with Gasteiger partial charge in [-0.3, -0.25) is 78.2 Å². The minimum Gasteiger partial charge on any atom is -0.370 e. The van der Waals surface area contributed by atoms with Gasteiger partial charge in [-0.1, -0.05) is 169 Å². The maximum Gasteiger partial charge on any atom is 0.332 e. The van der Waals surface area contributed by atoms with Gasteiger partial charge < -0.3 is 10.6 Å². The smallest absolute Gasteiger partial charge is 0.332 e. The molecule has 0 radical (unpaired) electrons. The van der Waals surface area contributed by atoms with Crippen molar-refractivity contribution in [2.24, 2.45) is 25.1 Å². The van der Waals surface area contributed by atoms with E-state index in [4.69, 9.17) is 36.9 Å². The summed E-state index contributed by atoms with van der Waals surface area (Å²) in [6.07, 6.45) is 5.00. The van der Waals surface area contributed by atoms with Crippen LogP contribution in [-0.4, -0.2) is 266 Å². The number of halogens is 1. The van der Waals surface area contributed by atoms with Gasteiger partial charge in [-0.2, -0.15) is 13.5 Å². The highest BCUT2D eigenvalue weighted by Gasteiger charge is 2.43. The van der Waals surface area contributed by atoms with Crippen LogP contribution >= 0.6 is 134 Å². The first-order valence-corrected chi connectivity index (χ1v) is 40.9. The lowest BCUT2D eigenvalue weighted by Gasteiger charge is -2.38. The summed E-state index contributed by atoms with van der Waals surface area (Å²) in [5.74, 6) is 6.81. The molecule has 6 atom stereocenters. The molecule has 29 nitrogen and oxygen atoms in total. The highest BCUT2D eigenvalue weighted by atomic mass is 79.9. The van der Waals surface area contributed by atoms with Crippen molar-refractivity contribution in [3.05, 3.63) is 65.6 Å². The highest BCUT2D eigenvalue weighted by molar-refractivity contribution is 9.09. The van der Waals surface area contributed by atoms with Crippen molar-refractivity contribution in [2.45, 2.75) is 80.2 Å². The number of aryl methyl sites for hydroxylation is 1. The minimum absolute atomic E-state index is 0. The molecule has 1 aromatic rings. The van der Waals surface area contributed by atoms with E-state index in [0.29, 0.717) is 44.6 Å². The summed E-state index contributed by atoms with van der Waals surface area (Å²) < 4.78 is 34.8. The molecular weight excluding hydrogens is 1520 g/mol. The number of urea groups is 1. The molecule has 41 heteroatoms. The third kappa shape index (κ3) is 25.6. The number of carbonyl (C=O) groups is 8. The molecule has 0 spiro atoms. The molecule has 7 saturated heterocycles. The molecule has 11 aliphatic rings. The van der Waals surface area contributed by atoms with Gasteiger partial charge in [0.2, 0.25) is 41.4 Å². The molecular formula is C54H74BrN15O14S11. The zero-order valence-electron chi connectivity index (χ0n) is 51.8. The maximum atomic E-state index is 12.2. The fourth-order valence-corrected chi connectivity index (χ4v) is 18.9. The van der Waals surface area contributed by atoms with Crippen LogP contribution in [0.1, 0.15) is 39.1 Å². The summed E-state index contributed by atoms with van der Waals surface area (Å²) in [6, 6.07) is 5.36. The summed E-state index contributed by atoms with van der Waals surface area (Å²) in [5, 5.41) is 23.7. The molecule has 12 rings (SSSR count). The number of aliphatic imine (C=N–C) groups is 4. The lowest BCUT2D eigenvalue weighted by atomic mass is 10.0. The van der Waals surface area contributed by atoms with Crippen LogP contribution in [-0.2, 0) is 57.6 Å². The molecule has 522 valence electrons. The zero-order chi connectivity index (χ0) is 69.0. The van der Waals surface area contributed by atoms with Crippen LogP contribution in [0.3, 0.4) is 0 Å². The molecule has 11 aliphatic heterocycles. The van der Waals surface area contributed by atoms with Gasteiger partial charge in [-0.05, 0) is 24.6 Å². The van der Waals surface area contributed by atoms with E-state index < -0.39 is 34.0 Å². The molecule has 4 unspecified atom stereocenters. The van der Waals surface area contributed by atoms with Gasteiger partial charge in [0.1, 0.15) is 34.3 Å². The maximum absolute atomic E-state index is 12.2. The Morgan fingerprint density at radius 1 is 0.684 bits per heavy atom. The molecule has 11 heterocycles. The van der Waals surface area contributed by atoms with E-state index in [2.05, 4.69) is 69.7 Å². The Morgan fingerprint density at radius 2 is 1.13 bits per heavy atom. The van der Waals surface area contributed by atoms with Gasteiger partial charge in [0.25, 0.3) is 0 Å². The topological polar surface area (TPSA) is 360 Å². The lowest BCUT2D eigenvalue weighted by Crippen LogP contribution is -2.62. The van der Waals surface area contributed by atoms with Crippen molar-refractivity contribution in [1.29, 1.82) is 0 Å². The number of azide groups is 1. The Bertz CT molecular complexity index is 3220. The standard InChI is InChI=1S/C14H16N2O4S3.C10H14N2O2S2.C7H10BrNO2.C7H9N5OS2.C7H10N2O2S2.C6H8N2O3.C3H5NS2.H2/c1-10-2-4-12(5-3-10)23(18,19)20-16-11(8-13(16)17)9-22-14-15-6-7-21-14;1-2-4-14-12-8(6-9(12)13)7-16-10-11-3-5-15-10;1-2-3-11-9-6(5-8)4-7(9)10;8-12-11-5-4(10-6(5)13)3-15-7-9-1-2-14-7;10-6-3-5(9(6)11)4-13-7-8-1-2-12-7;1-7-4(9)3-5(10)8(2)6(7)11;5-3-4-1-2-6-3;/h2-5,11H,6-9H2,1H3;2,8H,1,3-7H2;2,6H,1,3-5H2;4-5H,1-3H2,(H,10,13);5,11H,1-4H2;3H2,1-2H3;1-2H2,(H,4,5);1H/t;;;4-,5-;;;;/m...0..../s1. The number of amides is 9. The number of alkyl halides is 1. The summed E-state index contributed by atoms with van der Waals surface area (Å²) in [4.78, 5) is 120. The molecule has 0 bridgehead atoms. The fraction of sp³-hybridized carbons (Fsp3) is 0.574. The van der Waals surface area contributed by atoms with Crippen molar-refractivity contribution < 1.29 is 67.4 Å². The second-order valence-electron chi connectivity index (χ2n) is 20.4. The van der Waals surface area contributed by atoms with Crippen LogP contribution in [0.4, 0.5) is 4.79 Å². The first-order valence-electron chi connectivity index (χ1n) is 29.1. The third-order valence-corrected chi connectivity index (χ3v) is 26.3. The van der Waals surface area contributed by atoms with E-state index in [-0.39, 0.29) is 72.5 Å². The van der Waals surface area contributed by atoms with Gasteiger partial charge in [0.15, 0.2) is 0 Å². The Labute approximate surface area is 604 Å². The van der Waals surface area contributed by atoms with Crippen LogP contribution in [0, 0.1) is 6.92 Å². The normalized spacial score (nSPS) is 23.8. The zero-order valence-corrected chi connectivity index (χ0v) is 62.4. The van der Waals surface area contributed by atoms with Crippen molar-refractivity contribution in [2.75, 3.05) is 117 Å².